The van der Waals surface area contributed by atoms with E-state index >= 15 is 0 Å². The summed E-state index contributed by atoms with van der Waals surface area (Å²) < 4.78 is 40.2. The molecule has 0 radical (unpaired) electrons. The summed E-state index contributed by atoms with van der Waals surface area (Å²) in [5.41, 5.74) is 1.62. The molecule has 4 aromatic rings. The standard InChI is InChI=1S/C8H6F3N3O.C8H9N3O.C2H6/c1-14-7-5(2-4(15)3-12-7)6(13-14)8(9,10)11;1-5-8-7(11(2)10-5)3-6(12)4-9-8;1-2/h2-3,15H,1H3;3-4,12H,1-2H3;1-2H3. The van der Waals surface area contributed by atoms with Crippen LogP contribution in [0.15, 0.2) is 24.5 Å². The van der Waals surface area contributed by atoms with Crippen LogP contribution in [0.4, 0.5) is 13.2 Å². The van der Waals surface area contributed by atoms with Crippen molar-refractivity contribution < 1.29 is 23.4 Å². The highest BCUT2D eigenvalue weighted by Gasteiger charge is 2.36. The molecule has 0 amide bonds. The van der Waals surface area contributed by atoms with E-state index in [9.17, 15) is 13.2 Å². The number of rotatable bonds is 0. The van der Waals surface area contributed by atoms with Gasteiger partial charge in [-0.3, -0.25) is 4.68 Å². The molecular weight excluding hydrogens is 389 g/mol. The maximum atomic E-state index is 12.5. The molecule has 0 aliphatic carbocycles. The van der Waals surface area contributed by atoms with Crippen LogP contribution in [0.3, 0.4) is 0 Å². The van der Waals surface area contributed by atoms with Crippen LogP contribution >= 0.6 is 0 Å². The minimum absolute atomic E-state index is 0.0834. The van der Waals surface area contributed by atoms with E-state index in [1.54, 1.807) is 10.7 Å². The maximum Gasteiger partial charge on any atom is 0.435 e. The molecule has 0 fully saturated rings. The zero-order chi connectivity index (χ0) is 21.9. The predicted molar refractivity (Wildman–Crippen MR) is 101 cm³/mol. The van der Waals surface area contributed by atoms with Gasteiger partial charge in [0.1, 0.15) is 17.0 Å². The lowest BCUT2D eigenvalue weighted by molar-refractivity contribution is -0.140. The molecule has 0 saturated heterocycles. The second-order valence-electron chi connectivity index (χ2n) is 5.80. The maximum absolute atomic E-state index is 12.5. The molecule has 4 rings (SSSR count). The summed E-state index contributed by atoms with van der Waals surface area (Å²) in [6, 6.07) is 2.65. The predicted octanol–water partition coefficient (Wildman–Crippen LogP) is 3.70. The Balaban J connectivity index is 0.000000194. The molecule has 0 saturated carbocycles. The van der Waals surface area contributed by atoms with Gasteiger partial charge in [0.2, 0.25) is 0 Å². The lowest BCUT2D eigenvalue weighted by Crippen LogP contribution is -2.06. The molecule has 0 atom stereocenters. The van der Waals surface area contributed by atoms with Crippen LogP contribution in [0.25, 0.3) is 22.1 Å². The quantitative estimate of drug-likeness (QED) is 0.458. The first-order chi connectivity index (χ1) is 13.6. The van der Waals surface area contributed by atoms with Crippen LogP contribution < -0.4 is 0 Å². The van der Waals surface area contributed by atoms with Gasteiger partial charge in [0.15, 0.2) is 11.3 Å². The smallest absolute Gasteiger partial charge is 0.435 e. The average molecular weight is 410 g/mol. The molecular formula is C18H21F3N6O2. The third-order valence-electron chi connectivity index (χ3n) is 3.78. The Morgan fingerprint density at radius 1 is 0.897 bits per heavy atom. The van der Waals surface area contributed by atoms with Crippen LogP contribution in [0.5, 0.6) is 11.5 Å². The first-order valence-electron chi connectivity index (χ1n) is 8.65. The number of alkyl halides is 3. The highest BCUT2D eigenvalue weighted by atomic mass is 19.4. The van der Waals surface area contributed by atoms with Gasteiger partial charge in [-0.25, -0.2) is 14.6 Å². The molecule has 11 heteroatoms. The monoisotopic (exact) mass is 410 g/mol. The highest BCUT2D eigenvalue weighted by molar-refractivity contribution is 5.80. The van der Waals surface area contributed by atoms with E-state index in [4.69, 9.17) is 10.2 Å². The minimum atomic E-state index is -4.55. The van der Waals surface area contributed by atoms with E-state index in [0.29, 0.717) is 0 Å². The second-order valence-corrected chi connectivity index (χ2v) is 5.80. The summed E-state index contributed by atoms with van der Waals surface area (Å²) in [6.07, 6.45) is -2.05. The topological polar surface area (TPSA) is 102 Å². The van der Waals surface area contributed by atoms with Crippen molar-refractivity contribution in [2.24, 2.45) is 14.1 Å². The number of aryl methyl sites for hydroxylation is 3. The summed E-state index contributed by atoms with van der Waals surface area (Å²) in [4.78, 5) is 7.73. The molecule has 0 aromatic carbocycles. The van der Waals surface area contributed by atoms with Gasteiger partial charge >= 0.3 is 6.18 Å². The van der Waals surface area contributed by atoms with Crippen LogP contribution in [0.1, 0.15) is 25.2 Å². The fourth-order valence-electron chi connectivity index (χ4n) is 2.63. The Hall–Kier alpha value is -3.37. The first kappa shape index (κ1) is 21.9. The van der Waals surface area contributed by atoms with Crippen molar-refractivity contribution in [1.29, 1.82) is 0 Å². The molecule has 0 bridgehead atoms. The Morgan fingerprint density at radius 2 is 1.48 bits per heavy atom. The van der Waals surface area contributed by atoms with Crippen molar-refractivity contribution >= 4 is 22.1 Å². The molecule has 0 aliphatic heterocycles. The van der Waals surface area contributed by atoms with Crippen LogP contribution in [-0.4, -0.2) is 39.7 Å². The number of pyridine rings is 2. The Morgan fingerprint density at radius 3 is 2.10 bits per heavy atom. The Labute approximate surface area is 164 Å². The van der Waals surface area contributed by atoms with E-state index in [1.807, 2.05) is 27.8 Å². The zero-order valence-electron chi connectivity index (χ0n) is 16.5. The second kappa shape index (κ2) is 8.33. The molecule has 2 N–H and O–H groups in total. The summed E-state index contributed by atoms with van der Waals surface area (Å²) >= 11 is 0. The van der Waals surface area contributed by atoms with Gasteiger partial charge in [-0.2, -0.15) is 23.4 Å². The number of aromatic nitrogens is 6. The Kier molecular flexibility index (Phi) is 6.30. The number of hydrogen-bond donors (Lipinski definition) is 2. The average Bonchev–Trinajstić information content (AvgIpc) is 3.13. The van der Waals surface area contributed by atoms with Gasteiger partial charge in [0.05, 0.1) is 29.0 Å². The number of fused-ring (bicyclic) bond motifs is 2. The van der Waals surface area contributed by atoms with E-state index in [0.717, 1.165) is 33.7 Å². The molecule has 29 heavy (non-hydrogen) atoms. The third-order valence-corrected chi connectivity index (χ3v) is 3.78. The van der Waals surface area contributed by atoms with Gasteiger partial charge in [0, 0.05) is 20.2 Å². The molecule has 156 valence electrons. The largest absolute Gasteiger partial charge is 0.506 e. The lowest BCUT2D eigenvalue weighted by atomic mass is 10.2. The van der Waals surface area contributed by atoms with E-state index < -0.39 is 11.9 Å². The molecule has 8 nitrogen and oxygen atoms in total. The normalized spacial score (nSPS) is 11.0. The third kappa shape index (κ3) is 4.55. The number of hydrogen-bond acceptors (Lipinski definition) is 6. The van der Waals surface area contributed by atoms with E-state index in [1.165, 1.54) is 13.2 Å². The molecule has 0 aliphatic rings. The van der Waals surface area contributed by atoms with Crippen LogP contribution in [-0.2, 0) is 20.3 Å². The SMILES string of the molecule is CC.Cc1nn(C)c2cc(O)cnc12.Cn1nc(C(F)(F)F)c2cc(O)cnc21. The van der Waals surface area contributed by atoms with Crippen molar-refractivity contribution in [2.75, 3.05) is 0 Å². The summed E-state index contributed by atoms with van der Waals surface area (Å²) in [5.74, 6) is -0.147. The van der Waals surface area contributed by atoms with Gasteiger partial charge in [-0.05, 0) is 13.0 Å². The summed E-state index contributed by atoms with van der Waals surface area (Å²) in [5, 5.41) is 25.5. The summed E-state index contributed by atoms with van der Waals surface area (Å²) in [7, 11) is 3.19. The van der Waals surface area contributed by atoms with E-state index in [2.05, 4.69) is 20.2 Å². The van der Waals surface area contributed by atoms with Crippen molar-refractivity contribution in [1.82, 2.24) is 29.5 Å². The molecule has 0 unspecified atom stereocenters. The van der Waals surface area contributed by atoms with E-state index in [-0.39, 0.29) is 22.5 Å². The van der Waals surface area contributed by atoms with Crippen molar-refractivity contribution in [3.05, 3.63) is 35.9 Å². The number of nitrogens with zero attached hydrogens (tertiary/aromatic N) is 6. The van der Waals surface area contributed by atoms with Crippen molar-refractivity contribution in [2.45, 2.75) is 26.9 Å². The van der Waals surface area contributed by atoms with Crippen LogP contribution in [0.2, 0.25) is 0 Å². The fourth-order valence-corrected chi connectivity index (χ4v) is 2.63. The molecule has 0 spiro atoms. The fraction of sp³-hybridized carbons (Fsp3) is 0.333. The molecule has 4 heterocycles. The lowest BCUT2D eigenvalue weighted by Gasteiger charge is -2.01. The zero-order valence-corrected chi connectivity index (χ0v) is 16.5. The number of aromatic hydroxyl groups is 2. The van der Waals surface area contributed by atoms with Crippen molar-refractivity contribution in [3.8, 4) is 11.5 Å². The van der Waals surface area contributed by atoms with Gasteiger partial charge in [0.25, 0.3) is 0 Å². The van der Waals surface area contributed by atoms with Crippen molar-refractivity contribution in [3.63, 3.8) is 0 Å². The minimum Gasteiger partial charge on any atom is -0.506 e. The van der Waals surface area contributed by atoms with Gasteiger partial charge < -0.3 is 10.2 Å². The number of halogens is 3. The van der Waals surface area contributed by atoms with Crippen LogP contribution in [0, 0.1) is 6.92 Å². The first-order valence-corrected chi connectivity index (χ1v) is 8.65. The molecule has 4 aromatic heterocycles. The van der Waals surface area contributed by atoms with Gasteiger partial charge in [-0.15, -0.1) is 0 Å². The highest BCUT2D eigenvalue weighted by Crippen LogP contribution is 2.34. The summed E-state index contributed by atoms with van der Waals surface area (Å²) in [6.45, 7) is 5.90. The Bertz CT molecular complexity index is 1130. The van der Waals surface area contributed by atoms with Gasteiger partial charge in [-0.1, -0.05) is 13.8 Å².